The zero-order valence-electron chi connectivity index (χ0n) is 4.95. The molecule has 0 unspecified atom stereocenters. The summed E-state index contributed by atoms with van der Waals surface area (Å²) in [7, 11) is -1.38. The molecule has 0 spiro atoms. The highest BCUT2D eigenvalue weighted by molar-refractivity contribution is 6.92. The van der Waals surface area contributed by atoms with Crippen LogP contribution in [-0.2, 0) is 0 Å². The molecule has 0 nitrogen and oxygen atoms in total. The molecule has 0 heterocycles. The number of hydrogen-bond donors (Lipinski definition) is 0. The molecule has 0 saturated heterocycles. The summed E-state index contributed by atoms with van der Waals surface area (Å²) in [6, 6.07) is 0. The minimum absolute atomic E-state index is 0.681. The van der Waals surface area contributed by atoms with Crippen LogP contribution in [0.5, 0.6) is 0 Å². The number of alkyl halides is 2. The molecule has 48 valence electrons. The van der Waals surface area contributed by atoms with E-state index < -0.39 is 8.07 Å². The Morgan fingerprint density at radius 3 is 1.88 bits per heavy atom. The number of rotatable bonds is 3. The molecule has 0 radical (unpaired) electrons. The second-order valence-corrected chi connectivity index (χ2v) is 7.98. The first kappa shape index (κ1) is 8.54. The van der Waals surface area contributed by atoms with Gasteiger partial charge in [0, 0.05) is 11.0 Å². The Hall–Kier alpha value is 0.537. The van der Waals surface area contributed by atoms with Crippen molar-refractivity contribution in [1.82, 2.24) is 0 Å². The zero-order chi connectivity index (χ0) is 6.62. The average molecular weight is 169 g/mol. The van der Waals surface area contributed by atoms with Crippen molar-refractivity contribution >= 4 is 31.3 Å². The van der Waals surface area contributed by atoms with Gasteiger partial charge in [-0.15, -0.1) is 29.8 Å². The maximum Gasteiger partial charge on any atom is 0.105 e. The van der Waals surface area contributed by atoms with Gasteiger partial charge in [-0.05, 0) is 0 Å². The van der Waals surface area contributed by atoms with Crippen molar-refractivity contribution < 1.29 is 0 Å². The van der Waals surface area contributed by atoms with E-state index in [1.807, 2.05) is 5.70 Å². The van der Waals surface area contributed by atoms with E-state index >= 15 is 0 Å². The zero-order valence-corrected chi connectivity index (χ0v) is 7.47. The van der Waals surface area contributed by atoms with Gasteiger partial charge in [0.1, 0.15) is 8.07 Å². The highest BCUT2D eigenvalue weighted by atomic mass is 35.5. The molecule has 0 amide bonds. The summed E-state index contributed by atoms with van der Waals surface area (Å²) in [5.74, 6) is 0. The van der Waals surface area contributed by atoms with E-state index in [4.69, 9.17) is 23.2 Å². The molecule has 0 fully saturated rings. The molecule has 0 saturated carbocycles. The molecule has 8 heavy (non-hydrogen) atoms. The molecule has 0 aromatic carbocycles. The van der Waals surface area contributed by atoms with Gasteiger partial charge in [-0.2, -0.15) is 0 Å². The summed E-state index contributed by atoms with van der Waals surface area (Å²) in [6.07, 6.45) is 0. The summed E-state index contributed by atoms with van der Waals surface area (Å²) in [5, 5.41) is 0. The second-order valence-electron chi connectivity index (χ2n) is 2.13. The quantitative estimate of drug-likeness (QED) is 0.449. The van der Waals surface area contributed by atoms with E-state index in [0.29, 0.717) is 11.0 Å². The van der Waals surface area contributed by atoms with Crippen LogP contribution in [0.25, 0.3) is 0 Å². The van der Waals surface area contributed by atoms with Crippen molar-refractivity contribution in [2.75, 3.05) is 11.0 Å². The van der Waals surface area contributed by atoms with E-state index in [-0.39, 0.29) is 0 Å². The lowest BCUT2D eigenvalue weighted by Crippen LogP contribution is -2.33. The van der Waals surface area contributed by atoms with Crippen LogP contribution in [0.3, 0.4) is 0 Å². The number of hydrogen-bond acceptors (Lipinski definition) is 0. The van der Waals surface area contributed by atoms with Crippen molar-refractivity contribution in [1.29, 1.82) is 0 Å². The molecule has 0 aromatic rings. The SMILES string of the molecule is C=C[Si](C)(CCl)CCl. The van der Waals surface area contributed by atoms with Gasteiger partial charge in [-0.1, -0.05) is 12.2 Å². The van der Waals surface area contributed by atoms with Crippen LogP contribution in [-0.4, -0.2) is 19.1 Å². The third-order valence-corrected chi connectivity index (χ3v) is 6.97. The predicted octanol–water partition coefficient (Wildman–Crippen LogP) is 2.35. The molecule has 0 aliphatic carbocycles. The molecule has 0 N–H and O–H groups in total. The van der Waals surface area contributed by atoms with Crippen molar-refractivity contribution in [3.63, 3.8) is 0 Å². The monoisotopic (exact) mass is 168 g/mol. The smallest absolute Gasteiger partial charge is 0.105 e. The van der Waals surface area contributed by atoms with Gasteiger partial charge in [0.2, 0.25) is 0 Å². The maximum absolute atomic E-state index is 5.62. The lowest BCUT2D eigenvalue weighted by molar-refractivity contribution is 1.69. The highest BCUT2D eigenvalue weighted by Gasteiger charge is 2.19. The third-order valence-electron chi connectivity index (χ3n) is 1.10. The van der Waals surface area contributed by atoms with E-state index in [1.165, 1.54) is 0 Å². The first-order valence-electron chi connectivity index (χ1n) is 2.44. The fourth-order valence-corrected chi connectivity index (χ4v) is 1.95. The maximum atomic E-state index is 5.62. The third kappa shape index (κ3) is 2.20. The fourth-order valence-electron chi connectivity index (χ4n) is 0.145. The second kappa shape index (κ2) is 3.54. The van der Waals surface area contributed by atoms with Gasteiger partial charge in [-0.3, -0.25) is 0 Å². The first-order chi connectivity index (χ1) is 3.68. The van der Waals surface area contributed by atoms with Crippen molar-refractivity contribution in [3.05, 3.63) is 12.3 Å². The molecule has 0 aliphatic heterocycles. The van der Waals surface area contributed by atoms with Crippen molar-refractivity contribution in [2.45, 2.75) is 6.55 Å². The Kier molecular flexibility index (Phi) is 3.78. The summed E-state index contributed by atoms with van der Waals surface area (Å²) < 4.78 is 0. The van der Waals surface area contributed by atoms with E-state index in [2.05, 4.69) is 13.1 Å². The van der Waals surface area contributed by atoms with Gasteiger partial charge in [0.15, 0.2) is 0 Å². The van der Waals surface area contributed by atoms with Crippen LogP contribution in [0.4, 0.5) is 0 Å². The Bertz CT molecular complexity index is 78.5. The van der Waals surface area contributed by atoms with Crippen LogP contribution in [0, 0.1) is 0 Å². The minimum Gasteiger partial charge on any atom is -0.130 e. The predicted molar refractivity (Wildman–Crippen MR) is 43.3 cm³/mol. The molecule has 0 bridgehead atoms. The lowest BCUT2D eigenvalue weighted by Gasteiger charge is -2.14. The van der Waals surface area contributed by atoms with E-state index in [1.54, 1.807) is 0 Å². The Morgan fingerprint density at radius 1 is 1.50 bits per heavy atom. The van der Waals surface area contributed by atoms with Crippen LogP contribution < -0.4 is 0 Å². The van der Waals surface area contributed by atoms with Crippen LogP contribution in [0.1, 0.15) is 0 Å². The summed E-state index contributed by atoms with van der Waals surface area (Å²) in [5.41, 5.74) is 3.28. The topological polar surface area (TPSA) is 0 Å². The summed E-state index contributed by atoms with van der Waals surface area (Å²) in [4.78, 5) is 0. The van der Waals surface area contributed by atoms with Crippen LogP contribution >= 0.6 is 23.2 Å². The fraction of sp³-hybridized carbons (Fsp3) is 0.600. The Morgan fingerprint density at radius 2 is 1.88 bits per heavy atom. The van der Waals surface area contributed by atoms with Crippen molar-refractivity contribution in [3.8, 4) is 0 Å². The first-order valence-corrected chi connectivity index (χ1v) is 6.50. The molecule has 0 rings (SSSR count). The highest BCUT2D eigenvalue weighted by Crippen LogP contribution is 2.07. The van der Waals surface area contributed by atoms with E-state index in [0.717, 1.165) is 0 Å². The largest absolute Gasteiger partial charge is 0.130 e. The Balaban J connectivity index is 3.76. The molecule has 0 aliphatic rings. The van der Waals surface area contributed by atoms with Crippen molar-refractivity contribution in [2.24, 2.45) is 0 Å². The molecule has 3 heteroatoms. The van der Waals surface area contributed by atoms with Gasteiger partial charge in [-0.25, -0.2) is 0 Å². The lowest BCUT2D eigenvalue weighted by atomic mass is 11.3. The van der Waals surface area contributed by atoms with E-state index in [9.17, 15) is 0 Å². The van der Waals surface area contributed by atoms with Crippen LogP contribution in [0.15, 0.2) is 12.3 Å². The minimum atomic E-state index is -1.38. The number of halogens is 2. The molecular formula is C5H10Cl2Si. The molecule has 0 aromatic heterocycles. The summed E-state index contributed by atoms with van der Waals surface area (Å²) in [6.45, 7) is 5.78. The standard InChI is InChI=1S/C5H10Cl2Si/c1-3-8(2,4-6)5-7/h3H,1,4-5H2,2H3. The Labute approximate surface area is 61.5 Å². The normalized spacial score (nSPS) is 11.4. The molecule has 0 atom stereocenters. The average Bonchev–Trinajstić information content (AvgIpc) is 1.87. The molecular weight excluding hydrogens is 159 g/mol. The van der Waals surface area contributed by atoms with Gasteiger partial charge >= 0.3 is 0 Å². The van der Waals surface area contributed by atoms with Gasteiger partial charge < -0.3 is 0 Å². The van der Waals surface area contributed by atoms with Gasteiger partial charge in [0.05, 0.1) is 0 Å². The van der Waals surface area contributed by atoms with Gasteiger partial charge in [0.25, 0.3) is 0 Å². The summed E-state index contributed by atoms with van der Waals surface area (Å²) >= 11 is 11.2. The van der Waals surface area contributed by atoms with Crippen LogP contribution in [0.2, 0.25) is 6.55 Å².